The van der Waals surface area contributed by atoms with Crippen LogP contribution in [-0.2, 0) is 4.79 Å². The second kappa shape index (κ2) is 9.78. The fourth-order valence-electron chi connectivity index (χ4n) is 3.45. The smallest absolute Gasteiger partial charge is 0.272 e. The second-order valence-corrected chi connectivity index (χ2v) is 7.83. The topological polar surface area (TPSA) is 100 Å². The number of nitrogens with one attached hydrogen (secondary N) is 2. The summed E-state index contributed by atoms with van der Waals surface area (Å²) in [6.45, 7) is 0.941. The van der Waals surface area contributed by atoms with Gasteiger partial charge >= 0.3 is 0 Å². The number of ether oxygens (including phenoxy) is 1. The Balaban J connectivity index is 1.24. The molecule has 2 amide bonds. The zero-order valence-electron chi connectivity index (χ0n) is 17.1. The van der Waals surface area contributed by atoms with Gasteiger partial charge < -0.3 is 15.0 Å². The van der Waals surface area contributed by atoms with E-state index in [1.165, 1.54) is 18.3 Å². The molecular weight excluding hydrogens is 437 g/mol. The Kier molecular flexibility index (Phi) is 6.65. The first-order valence-corrected chi connectivity index (χ1v) is 10.5. The number of halogens is 2. The van der Waals surface area contributed by atoms with Crippen molar-refractivity contribution in [2.75, 3.05) is 19.6 Å². The van der Waals surface area contributed by atoms with Gasteiger partial charge in [-0.25, -0.2) is 4.39 Å². The fraction of sp³-hybridized carbons (Fsp3) is 0.273. The number of nitrogens with zero attached hydrogens (tertiary/aromatic N) is 3. The van der Waals surface area contributed by atoms with Gasteiger partial charge in [0.25, 0.3) is 5.91 Å². The lowest BCUT2D eigenvalue weighted by Crippen LogP contribution is -2.46. The quantitative estimate of drug-likeness (QED) is 0.592. The van der Waals surface area contributed by atoms with Gasteiger partial charge in [-0.2, -0.15) is 5.10 Å². The van der Waals surface area contributed by atoms with Crippen molar-refractivity contribution in [2.24, 2.45) is 0 Å². The minimum absolute atomic E-state index is 0.0251. The van der Waals surface area contributed by atoms with Crippen molar-refractivity contribution in [1.29, 1.82) is 0 Å². The van der Waals surface area contributed by atoms with Gasteiger partial charge in [-0.05, 0) is 35.9 Å². The number of hydrogen-bond donors (Lipinski definition) is 2. The van der Waals surface area contributed by atoms with Gasteiger partial charge in [0.1, 0.15) is 17.7 Å². The standard InChI is InChI=1S/C22H21ClFN5O3/c23-15-9-18(12-25-11-15)32-17-5-7-29(8-6-17)21(30)13-26-22(31)20-10-19(27-28-20)14-1-3-16(24)4-2-14/h1-4,9-12,17H,5-8,13H2,(H,26,31)(H,27,28). The molecule has 3 aromatic rings. The minimum atomic E-state index is -0.463. The predicted molar refractivity (Wildman–Crippen MR) is 116 cm³/mol. The number of amides is 2. The Hall–Kier alpha value is -3.46. The molecule has 1 saturated heterocycles. The molecule has 2 N–H and O–H groups in total. The maximum Gasteiger partial charge on any atom is 0.272 e. The van der Waals surface area contributed by atoms with Crippen molar-refractivity contribution in [3.63, 3.8) is 0 Å². The van der Waals surface area contributed by atoms with E-state index in [0.29, 0.717) is 48.0 Å². The molecule has 1 aromatic carbocycles. The number of carbonyl (C=O) groups excluding carboxylic acids is 2. The molecule has 1 aliphatic heterocycles. The van der Waals surface area contributed by atoms with E-state index in [4.69, 9.17) is 16.3 Å². The molecule has 0 bridgehead atoms. The van der Waals surface area contributed by atoms with Crippen LogP contribution >= 0.6 is 11.6 Å². The Morgan fingerprint density at radius 3 is 2.66 bits per heavy atom. The number of aromatic nitrogens is 3. The van der Waals surface area contributed by atoms with Crippen molar-refractivity contribution < 1.29 is 18.7 Å². The van der Waals surface area contributed by atoms with Crippen LogP contribution in [0.15, 0.2) is 48.8 Å². The third kappa shape index (κ3) is 5.42. The lowest BCUT2D eigenvalue weighted by molar-refractivity contribution is -0.131. The number of H-pyrrole nitrogens is 1. The molecule has 1 aliphatic rings. The van der Waals surface area contributed by atoms with E-state index in [-0.39, 0.29) is 30.1 Å². The summed E-state index contributed by atoms with van der Waals surface area (Å²) in [5, 5.41) is 9.83. The van der Waals surface area contributed by atoms with E-state index in [9.17, 15) is 14.0 Å². The normalized spacial score (nSPS) is 14.2. The van der Waals surface area contributed by atoms with Crippen molar-refractivity contribution in [3.05, 3.63) is 65.3 Å². The van der Waals surface area contributed by atoms with Crippen molar-refractivity contribution in [3.8, 4) is 17.0 Å². The third-order valence-corrected chi connectivity index (χ3v) is 5.35. The summed E-state index contributed by atoms with van der Waals surface area (Å²) in [5.41, 5.74) is 1.44. The summed E-state index contributed by atoms with van der Waals surface area (Å²) in [5.74, 6) is -0.375. The molecule has 0 atom stereocenters. The van der Waals surface area contributed by atoms with E-state index in [0.717, 1.165) is 0 Å². The molecule has 2 aromatic heterocycles. The molecule has 0 aliphatic carbocycles. The first-order valence-electron chi connectivity index (χ1n) is 10.1. The van der Waals surface area contributed by atoms with Crippen LogP contribution in [0.2, 0.25) is 5.02 Å². The maximum absolute atomic E-state index is 13.1. The molecule has 0 unspecified atom stereocenters. The van der Waals surface area contributed by atoms with Gasteiger partial charge in [0.2, 0.25) is 5.91 Å². The molecule has 32 heavy (non-hydrogen) atoms. The van der Waals surface area contributed by atoms with Gasteiger partial charge in [-0.15, -0.1) is 0 Å². The molecule has 0 radical (unpaired) electrons. The predicted octanol–water partition coefficient (Wildman–Crippen LogP) is 3.06. The molecule has 8 nitrogen and oxygen atoms in total. The second-order valence-electron chi connectivity index (χ2n) is 7.39. The van der Waals surface area contributed by atoms with Gasteiger partial charge in [0.15, 0.2) is 5.69 Å². The molecule has 0 saturated carbocycles. The van der Waals surface area contributed by atoms with Crippen LogP contribution in [0, 0.1) is 5.82 Å². The molecule has 10 heteroatoms. The fourth-order valence-corrected chi connectivity index (χ4v) is 3.61. The summed E-state index contributed by atoms with van der Waals surface area (Å²) >= 11 is 5.92. The van der Waals surface area contributed by atoms with Gasteiger partial charge in [-0.3, -0.25) is 19.7 Å². The Labute approximate surface area is 188 Å². The van der Waals surface area contributed by atoms with Crippen LogP contribution in [-0.4, -0.2) is 57.6 Å². The first kappa shape index (κ1) is 21.8. The number of likely N-dealkylation sites (tertiary alicyclic amines) is 1. The monoisotopic (exact) mass is 457 g/mol. The lowest BCUT2D eigenvalue weighted by atomic mass is 10.1. The molecular formula is C22H21ClFN5O3. The molecule has 3 heterocycles. The largest absolute Gasteiger partial charge is 0.489 e. The number of benzene rings is 1. The van der Waals surface area contributed by atoms with Crippen LogP contribution in [0.25, 0.3) is 11.3 Å². The number of rotatable bonds is 6. The van der Waals surface area contributed by atoms with Crippen molar-refractivity contribution in [2.45, 2.75) is 18.9 Å². The highest BCUT2D eigenvalue weighted by molar-refractivity contribution is 6.30. The first-order chi connectivity index (χ1) is 15.5. The molecule has 0 spiro atoms. The highest BCUT2D eigenvalue weighted by atomic mass is 35.5. The van der Waals surface area contributed by atoms with Gasteiger partial charge in [-0.1, -0.05) is 11.6 Å². The molecule has 4 rings (SSSR count). The molecule has 1 fully saturated rings. The number of aromatic amines is 1. The van der Waals surface area contributed by atoms with Crippen LogP contribution < -0.4 is 10.1 Å². The number of pyridine rings is 1. The van der Waals surface area contributed by atoms with E-state index in [1.807, 2.05) is 0 Å². The highest BCUT2D eigenvalue weighted by Gasteiger charge is 2.24. The highest BCUT2D eigenvalue weighted by Crippen LogP contribution is 2.21. The molecule has 166 valence electrons. The van der Waals surface area contributed by atoms with Crippen LogP contribution in [0.5, 0.6) is 5.75 Å². The zero-order chi connectivity index (χ0) is 22.5. The van der Waals surface area contributed by atoms with Crippen molar-refractivity contribution >= 4 is 23.4 Å². The summed E-state index contributed by atoms with van der Waals surface area (Å²) in [7, 11) is 0. The SMILES string of the molecule is O=C(NCC(=O)N1CCC(Oc2cncc(Cl)c2)CC1)c1cc(-c2ccc(F)cc2)[nH]n1. The number of carbonyl (C=O) groups is 2. The number of piperidine rings is 1. The number of hydrogen-bond acceptors (Lipinski definition) is 5. The third-order valence-electron chi connectivity index (χ3n) is 5.14. The average molecular weight is 458 g/mol. The average Bonchev–Trinajstić information content (AvgIpc) is 3.29. The van der Waals surface area contributed by atoms with Crippen LogP contribution in [0.4, 0.5) is 4.39 Å². The van der Waals surface area contributed by atoms with Gasteiger partial charge in [0, 0.05) is 38.2 Å². The van der Waals surface area contributed by atoms with Gasteiger partial charge in [0.05, 0.1) is 23.5 Å². The Morgan fingerprint density at radius 2 is 1.94 bits per heavy atom. The maximum atomic E-state index is 13.1. The van der Waals surface area contributed by atoms with E-state index < -0.39 is 5.91 Å². The summed E-state index contributed by atoms with van der Waals surface area (Å²) in [4.78, 5) is 30.5. The zero-order valence-corrected chi connectivity index (χ0v) is 17.8. The van der Waals surface area contributed by atoms with Crippen LogP contribution in [0.1, 0.15) is 23.3 Å². The van der Waals surface area contributed by atoms with E-state index >= 15 is 0 Å². The van der Waals surface area contributed by atoms with Crippen LogP contribution in [0.3, 0.4) is 0 Å². The summed E-state index contributed by atoms with van der Waals surface area (Å²) in [6, 6.07) is 9.09. The minimum Gasteiger partial charge on any atom is -0.489 e. The summed E-state index contributed by atoms with van der Waals surface area (Å²) in [6.07, 6.45) is 4.47. The Morgan fingerprint density at radius 1 is 1.19 bits per heavy atom. The Bertz CT molecular complexity index is 1100. The van der Waals surface area contributed by atoms with E-state index in [2.05, 4.69) is 20.5 Å². The lowest BCUT2D eigenvalue weighted by Gasteiger charge is -2.32. The van der Waals surface area contributed by atoms with E-state index in [1.54, 1.807) is 35.4 Å². The summed E-state index contributed by atoms with van der Waals surface area (Å²) < 4.78 is 18.9. The van der Waals surface area contributed by atoms with Crippen molar-refractivity contribution in [1.82, 2.24) is 25.4 Å².